The van der Waals surface area contributed by atoms with Gasteiger partial charge in [-0.1, -0.05) is 36.2 Å². The van der Waals surface area contributed by atoms with Crippen LogP contribution in [-0.4, -0.2) is 26.0 Å². The summed E-state index contributed by atoms with van der Waals surface area (Å²) in [5, 5.41) is 3.28. The van der Waals surface area contributed by atoms with Crippen molar-refractivity contribution in [1.29, 1.82) is 0 Å². The number of hydrogen-bond donors (Lipinski definition) is 1. The highest BCUT2D eigenvalue weighted by Crippen LogP contribution is 2.27. The predicted octanol–water partition coefficient (Wildman–Crippen LogP) is 2.61. The lowest BCUT2D eigenvalue weighted by atomic mass is 10.0. The van der Waals surface area contributed by atoms with Crippen LogP contribution in [0.3, 0.4) is 0 Å². The van der Waals surface area contributed by atoms with Gasteiger partial charge in [-0.2, -0.15) is 0 Å². The van der Waals surface area contributed by atoms with Gasteiger partial charge in [0.2, 0.25) is 0 Å². The molecule has 0 amide bonds. The molecule has 0 aromatic heterocycles. The maximum atomic E-state index is 11.8. The van der Waals surface area contributed by atoms with Crippen LogP contribution in [0.5, 0.6) is 0 Å². The minimum absolute atomic E-state index is 0.0884. The Morgan fingerprint density at radius 2 is 2.05 bits per heavy atom. The first-order valence-corrected chi connectivity index (χ1v) is 8.85. The number of nitrogens with one attached hydrogen (secondary N) is 1. The van der Waals surface area contributed by atoms with Gasteiger partial charge in [0.25, 0.3) is 0 Å². The van der Waals surface area contributed by atoms with E-state index in [2.05, 4.69) is 37.4 Å². The zero-order chi connectivity index (χ0) is 14.0. The average molecular weight is 281 g/mol. The van der Waals surface area contributed by atoms with Crippen LogP contribution in [-0.2, 0) is 9.84 Å². The molecule has 1 aromatic rings. The van der Waals surface area contributed by atoms with Gasteiger partial charge in [-0.25, -0.2) is 8.42 Å². The molecule has 2 rings (SSSR count). The highest BCUT2D eigenvalue weighted by atomic mass is 32.2. The summed E-state index contributed by atoms with van der Waals surface area (Å²) in [5.41, 5.74) is 2.45. The van der Waals surface area contributed by atoms with E-state index in [0.29, 0.717) is 0 Å². The van der Waals surface area contributed by atoms with Crippen molar-refractivity contribution in [2.45, 2.75) is 50.4 Å². The Morgan fingerprint density at radius 1 is 1.32 bits per heavy atom. The monoisotopic (exact) mass is 281 g/mol. The molecule has 0 aliphatic heterocycles. The minimum Gasteiger partial charge on any atom is -0.306 e. The van der Waals surface area contributed by atoms with Crippen LogP contribution in [0.15, 0.2) is 24.3 Å². The molecule has 1 aliphatic carbocycles. The quantitative estimate of drug-likeness (QED) is 0.923. The summed E-state index contributed by atoms with van der Waals surface area (Å²) in [4.78, 5) is 0. The Bertz CT molecular complexity index is 539. The zero-order valence-corrected chi connectivity index (χ0v) is 12.7. The van der Waals surface area contributed by atoms with Crippen LogP contribution >= 0.6 is 0 Å². The maximum absolute atomic E-state index is 11.8. The third kappa shape index (κ3) is 3.57. The van der Waals surface area contributed by atoms with Crippen LogP contribution in [0, 0.1) is 6.92 Å². The fraction of sp³-hybridized carbons (Fsp3) is 0.600. The normalized spacial score (nSPS) is 25.4. The van der Waals surface area contributed by atoms with Crippen LogP contribution in [0.1, 0.15) is 43.4 Å². The van der Waals surface area contributed by atoms with Crippen molar-refractivity contribution in [2.24, 2.45) is 0 Å². The number of sulfone groups is 1. The lowest BCUT2D eigenvalue weighted by molar-refractivity contribution is 0.455. The first-order chi connectivity index (χ1) is 8.88. The largest absolute Gasteiger partial charge is 0.306 e. The molecule has 1 fully saturated rings. The summed E-state index contributed by atoms with van der Waals surface area (Å²) in [6.07, 6.45) is 4.09. The Balaban J connectivity index is 2.08. The fourth-order valence-electron chi connectivity index (χ4n) is 2.99. The van der Waals surface area contributed by atoms with Gasteiger partial charge in [-0.15, -0.1) is 0 Å². The van der Waals surface area contributed by atoms with E-state index in [4.69, 9.17) is 0 Å². The molecule has 0 saturated heterocycles. The van der Waals surface area contributed by atoms with E-state index in [9.17, 15) is 8.42 Å². The Morgan fingerprint density at radius 3 is 2.68 bits per heavy atom. The number of aryl methyl sites for hydroxylation is 1. The van der Waals surface area contributed by atoms with Gasteiger partial charge >= 0.3 is 0 Å². The molecule has 1 N–H and O–H groups in total. The molecule has 106 valence electrons. The van der Waals surface area contributed by atoms with Crippen molar-refractivity contribution in [3.8, 4) is 0 Å². The summed E-state index contributed by atoms with van der Waals surface area (Å²) in [6, 6.07) is 8.64. The first kappa shape index (κ1) is 14.5. The van der Waals surface area contributed by atoms with Gasteiger partial charge in [0.15, 0.2) is 9.84 Å². The van der Waals surface area contributed by atoms with Crippen LogP contribution in [0.25, 0.3) is 0 Å². The van der Waals surface area contributed by atoms with E-state index in [1.807, 2.05) is 6.07 Å². The third-order valence-electron chi connectivity index (χ3n) is 4.01. The molecule has 0 spiro atoms. The molecule has 3 atom stereocenters. The van der Waals surface area contributed by atoms with Crippen molar-refractivity contribution in [3.63, 3.8) is 0 Å². The maximum Gasteiger partial charge on any atom is 0.151 e. The van der Waals surface area contributed by atoms with E-state index in [-0.39, 0.29) is 17.3 Å². The lowest BCUT2D eigenvalue weighted by Crippen LogP contribution is -2.41. The molecule has 1 aliphatic rings. The molecule has 0 bridgehead atoms. The van der Waals surface area contributed by atoms with E-state index in [0.717, 1.165) is 19.3 Å². The van der Waals surface area contributed by atoms with Crippen molar-refractivity contribution < 1.29 is 8.42 Å². The molecule has 19 heavy (non-hydrogen) atoms. The Hall–Kier alpha value is -0.870. The SMILES string of the molecule is Cc1cccc([C@@H](C)NC2CCCC2S(C)(=O)=O)c1. The van der Waals surface area contributed by atoms with E-state index < -0.39 is 9.84 Å². The Kier molecular flexibility index (Phi) is 4.31. The molecule has 1 aromatic carbocycles. The average Bonchev–Trinajstić information content (AvgIpc) is 2.77. The smallest absolute Gasteiger partial charge is 0.151 e. The molecule has 3 nitrogen and oxygen atoms in total. The number of rotatable bonds is 4. The summed E-state index contributed by atoms with van der Waals surface area (Å²) in [5.74, 6) is 0. The summed E-state index contributed by atoms with van der Waals surface area (Å²) in [7, 11) is -2.95. The summed E-state index contributed by atoms with van der Waals surface area (Å²) < 4.78 is 23.6. The van der Waals surface area contributed by atoms with Gasteiger partial charge in [-0.05, 0) is 32.3 Å². The molecule has 4 heteroatoms. The lowest BCUT2D eigenvalue weighted by Gasteiger charge is -2.24. The van der Waals surface area contributed by atoms with Crippen LogP contribution < -0.4 is 5.32 Å². The Labute approximate surface area is 116 Å². The standard InChI is InChI=1S/C15H23NO2S/c1-11-6-4-7-13(10-11)12(2)16-14-8-5-9-15(14)19(3,17)18/h4,6-7,10,12,14-16H,5,8-9H2,1-3H3/t12-,14?,15?/m1/s1. The van der Waals surface area contributed by atoms with Gasteiger partial charge in [0.05, 0.1) is 5.25 Å². The van der Waals surface area contributed by atoms with Crippen molar-refractivity contribution in [3.05, 3.63) is 35.4 Å². The van der Waals surface area contributed by atoms with Gasteiger partial charge in [-0.3, -0.25) is 0 Å². The summed E-state index contributed by atoms with van der Waals surface area (Å²) >= 11 is 0. The molecular formula is C15H23NO2S. The van der Waals surface area contributed by atoms with Crippen molar-refractivity contribution in [2.75, 3.05) is 6.26 Å². The molecule has 1 saturated carbocycles. The van der Waals surface area contributed by atoms with Crippen molar-refractivity contribution >= 4 is 9.84 Å². The molecule has 2 unspecified atom stereocenters. The van der Waals surface area contributed by atoms with Gasteiger partial charge < -0.3 is 5.32 Å². The highest BCUT2D eigenvalue weighted by Gasteiger charge is 2.35. The highest BCUT2D eigenvalue weighted by molar-refractivity contribution is 7.91. The van der Waals surface area contributed by atoms with Crippen LogP contribution in [0.4, 0.5) is 0 Å². The van der Waals surface area contributed by atoms with E-state index >= 15 is 0 Å². The molecule has 0 heterocycles. The fourth-order valence-corrected chi connectivity index (χ4v) is 4.39. The first-order valence-electron chi connectivity index (χ1n) is 6.89. The van der Waals surface area contributed by atoms with Crippen molar-refractivity contribution in [1.82, 2.24) is 5.32 Å². The molecule has 0 radical (unpaired) electrons. The minimum atomic E-state index is -2.95. The number of benzene rings is 1. The zero-order valence-electron chi connectivity index (χ0n) is 11.9. The second kappa shape index (κ2) is 5.63. The number of hydrogen-bond acceptors (Lipinski definition) is 3. The van der Waals surface area contributed by atoms with Gasteiger partial charge in [0.1, 0.15) is 0 Å². The third-order valence-corrected chi connectivity index (χ3v) is 5.67. The van der Waals surface area contributed by atoms with Gasteiger partial charge in [0, 0.05) is 18.3 Å². The second-order valence-electron chi connectivity index (χ2n) is 5.71. The summed E-state index contributed by atoms with van der Waals surface area (Å²) in [6.45, 7) is 4.18. The van der Waals surface area contributed by atoms with Crippen LogP contribution in [0.2, 0.25) is 0 Å². The second-order valence-corrected chi connectivity index (χ2v) is 7.97. The molecular weight excluding hydrogens is 258 g/mol. The topological polar surface area (TPSA) is 46.2 Å². The predicted molar refractivity (Wildman–Crippen MR) is 79.0 cm³/mol. The van der Waals surface area contributed by atoms with E-state index in [1.54, 1.807) is 0 Å². The van der Waals surface area contributed by atoms with E-state index in [1.165, 1.54) is 17.4 Å².